The van der Waals surface area contributed by atoms with Gasteiger partial charge in [-0.15, -0.1) is 0 Å². The minimum atomic E-state index is -0.200. The van der Waals surface area contributed by atoms with E-state index in [0.29, 0.717) is 9.52 Å². The number of ether oxygens (including phenoxy) is 2. The largest absolute Gasteiger partial charge is 0.360 e. The summed E-state index contributed by atoms with van der Waals surface area (Å²) in [6.07, 6.45) is 0. The number of fused-ring (bicyclic) bond motifs is 2. The Labute approximate surface area is 154 Å². The lowest BCUT2D eigenvalue weighted by molar-refractivity contribution is -0.0429. The Morgan fingerprint density at radius 1 is 0.654 bits per heavy atom. The summed E-state index contributed by atoms with van der Waals surface area (Å²) >= 11 is 0. The number of rotatable bonds is 4. The fourth-order valence-electron chi connectivity index (χ4n) is 4.09. The van der Waals surface area contributed by atoms with Crippen molar-refractivity contribution < 1.29 is 9.47 Å². The molecule has 5 aromatic rings. The first-order valence-electron chi connectivity index (χ1n) is 8.71. The van der Waals surface area contributed by atoms with Crippen LogP contribution in [0.2, 0.25) is 0 Å². The topological polar surface area (TPSA) is 18.5 Å². The Kier molecular flexibility index (Phi) is 3.67. The van der Waals surface area contributed by atoms with Gasteiger partial charge in [-0.2, -0.15) is 0 Å². The summed E-state index contributed by atoms with van der Waals surface area (Å²) in [6, 6.07) is 24.4. The maximum atomic E-state index is 5.43. The Morgan fingerprint density at radius 2 is 1.19 bits per heavy atom. The molecule has 26 heavy (non-hydrogen) atoms. The number of methoxy groups -OCH3 is 2. The van der Waals surface area contributed by atoms with Gasteiger partial charge in [-0.1, -0.05) is 71.9 Å². The van der Waals surface area contributed by atoms with Gasteiger partial charge in [0.2, 0.25) is 0 Å². The number of benzene rings is 5. The Hall–Kier alpha value is -2.46. The smallest absolute Gasteiger partial charge is 0.157 e. The predicted molar refractivity (Wildman–Crippen MR) is 111 cm³/mol. The van der Waals surface area contributed by atoms with Gasteiger partial charge in [0, 0.05) is 14.2 Å². The molecule has 3 heteroatoms. The van der Waals surface area contributed by atoms with E-state index < -0.39 is 0 Å². The van der Waals surface area contributed by atoms with Crippen LogP contribution in [-0.2, 0) is 9.47 Å². The van der Waals surface area contributed by atoms with E-state index in [1.165, 1.54) is 48.3 Å². The zero-order chi connectivity index (χ0) is 17.7. The van der Waals surface area contributed by atoms with Crippen LogP contribution in [0.25, 0.3) is 43.1 Å². The molecule has 2 radical (unpaired) electrons. The zero-order valence-electron chi connectivity index (χ0n) is 14.7. The van der Waals surface area contributed by atoms with Crippen LogP contribution >= 0.6 is 0 Å². The average molecular weight is 354 g/mol. The first kappa shape index (κ1) is 15.8. The highest BCUT2D eigenvalue weighted by Gasteiger charge is 2.15. The molecule has 0 amide bonds. The molecule has 0 spiro atoms. The van der Waals surface area contributed by atoms with E-state index in [9.17, 15) is 0 Å². The van der Waals surface area contributed by atoms with Gasteiger partial charge in [0.15, 0.2) is 9.52 Å². The monoisotopic (exact) mass is 354 g/mol. The number of hydrogen-bond acceptors (Lipinski definition) is 2. The minimum absolute atomic E-state index is 0.200. The van der Waals surface area contributed by atoms with E-state index in [-0.39, 0.29) is 5.91 Å². The molecule has 0 atom stereocenters. The summed E-state index contributed by atoms with van der Waals surface area (Å²) < 4.78 is 10.9. The second kappa shape index (κ2) is 6.06. The first-order chi connectivity index (χ1) is 12.8. The first-order valence-corrected chi connectivity index (χ1v) is 9.79. The van der Waals surface area contributed by atoms with Crippen molar-refractivity contribution in [2.45, 2.75) is 5.91 Å². The normalized spacial score (nSPS) is 12.3. The van der Waals surface area contributed by atoms with Crippen LogP contribution in [0, 0.1) is 0 Å². The van der Waals surface area contributed by atoms with E-state index in [1.807, 2.05) is 0 Å². The summed E-state index contributed by atoms with van der Waals surface area (Å²) in [5.74, 6) is -0.200. The van der Waals surface area contributed by atoms with Crippen molar-refractivity contribution in [3.8, 4) is 0 Å². The van der Waals surface area contributed by atoms with Crippen molar-refractivity contribution in [2.75, 3.05) is 14.2 Å². The molecule has 2 nitrogen and oxygen atoms in total. The van der Waals surface area contributed by atoms with Gasteiger partial charge in [0.25, 0.3) is 0 Å². The lowest BCUT2D eigenvalue weighted by Gasteiger charge is -2.17. The Bertz CT molecular complexity index is 1240. The zero-order valence-corrected chi connectivity index (χ0v) is 15.7. The second-order valence-corrected chi connectivity index (χ2v) is 7.92. The molecule has 0 aliphatic carbocycles. The van der Waals surface area contributed by atoms with E-state index >= 15 is 0 Å². The lowest BCUT2D eigenvalue weighted by Crippen LogP contribution is -2.31. The van der Waals surface area contributed by atoms with Crippen LogP contribution in [-0.4, -0.2) is 29.7 Å². The average Bonchev–Trinajstić information content (AvgIpc) is 2.69. The van der Waals surface area contributed by atoms with Gasteiger partial charge in [-0.3, -0.25) is 0 Å². The van der Waals surface area contributed by atoms with Gasteiger partial charge in [0.1, 0.15) is 5.91 Å². The Balaban J connectivity index is 1.93. The molecule has 0 bridgehead atoms. The van der Waals surface area contributed by atoms with Crippen LogP contribution in [0.1, 0.15) is 0 Å². The molecule has 0 N–H and O–H groups in total. The van der Waals surface area contributed by atoms with Crippen molar-refractivity contribution >= 4 is 57.8 Å². The van der Waals surface area contributed by atoms with Gasteiger partial charge >= 0.3 is 0 Å². The van der Waals surface area contributed by atoms with E-state index in [2.05, 4.69) is 66.7 Å². The van der Waals surface area contributed by atoms with Crippen LogP contribution in [0.4, 0.5) is 0 Å². The van der Waals surface area contributed by atoms with Gasteiger partial charge in [-0.05, 0) is 43.1 Å². The molecular weight excluding hydrogens is 336 g/mol. The highest BCUT2D eigenvalue weighted by molar-refractivity contribution is 6.55. The molecule has 0 aromatic heterocycles. The molecule has 5 rings (SSSR count). The third-order valence-corrected chi connectivity index (χ3v) is 6.50. The van der Waals surface area contributed by atoms with Crippen LogP contribution in [0.3, 0.4) is 0 Å². The Morgan fingerprint density at radius 3 is 1.81 bits per heavy atom. The van der Waals surface area contributed by atoms with Crippen molar-refractivity contribution in [3.05, 3.63) is 66.7 Å². The molecule has 0 aliphatic heterocycles. The molecule has 0 saturated carbocycles. The molecule has 0 heterocycles. The molecule has 126 valence electrons. The second-order valence-electron chi connectivity index (χ2n) is 6.58. The summed E-state index contributed by atoms with van der Waals surface area (Å²) in [7, 11) is 3.84. The SMILES string of the molecule is COC(OC)[Si]c1cc2cccc3c4cccc5cccc(c(c1)c23)c54. The molecule has 5 aromatic carbocycles. The molecule has 0 aliphatic rings. The third kappa shape index (κ3) is 2.25. The van der Waals surface area contributed by atoms with E-state index in [4.69, 9.17) is 9.47 Å². The van der Waals surface area contributed by atoms with Crippen LogP contribution < -0.4 is 5.19 Å². The maximum absolute atomic E-state index is 5.43. The summed E-state index contributed by atoms with van der Waals surface area (Å²) in [6.45, 7) is 0. The fourth-order valence-corrected chi connectivity index (χ4v) is 5.06. The minimum Gasteiger partial charge on any atom is -0.360 e. The summed E-state index contributed by atoms with van der Waals surface area (Å²) in [5.41, 5.74) is 0. The standard InChI is InChI=1S/C23H18O2Si/c1-24-23(25-2)26-16-12-15-8-5-10-18-17-9-3-6-14-7-4-11-19(21(14)17)20(13-16)22(15)18/h3-13,23H,1-2H3. The third-order valence-electron chi connectivity index (χ3n) is 5.17. The van der Waals surface area contributed by atoms with E-state index in [0.717, 1.165) is 0 Å². The summed E-state index contributed by atoms with van der Waals surface area (Å²) in [5, 5.41) is 11.8. The molecule has 0 saturated heterocycles. The van der Waals surface area contributed by atoms with Gasteiger partial charge in [-0.25, -0.2) is 0 Å². The lowest BCUT2D eigenvalue weighted by atomic mass is 9.90. The molecule has 0 fully saturated rings. The van der Waals surface area contributed by atoms with Gasteiger partial charge in [0.05, 0.1) is 0 Å². The van der Waals surface area contributed by atoms with E-state index in [1.54, 1.807) is 14.2 Å². The van der Waals surface area contributed by atoms with Crippen LogP contribution in [0.15, 0.2) is 66.7 Å². The van der Waals surface area contributed by atoms with Gasteiger partial charge < -0.3 is 9.47 Å². The van der Waals surface area contributed by atoms with Crippen molar-refractivity contribution in [2.24, 2.45) is 0 Å². The highest BCUT2D eigenvalue weighted by atomic mass is 28.2. The maximum Gasteiger partial charge on any atom is 0.157 e. The predicted octanol–water partition coefficient (Wildman–Crippen LogP) is 4.64. The highest BCUT2D eigenvalue weighted by Crippen LogP contribution is 2.39. The fraction of sp³-hybridized carbons (Fsp3) is 0.130. The van der Waals surface area contributed by atoms with Crippen molar-refractivity contribution in [1.29, 1.82) is 0 Å². The number of hydrogen-bond donors (Lipinski definition) is 0. The quantitative estimate of drug-likeness (QED) is 0.203. The summed E-state index contributed by atoms with van der Waals surface area (Å²) in [4.78, 5) is 0. The molecular formula is C23H18O2Si. The van der Waals surface area contributed by atoms with Crippen molar-refractivity contribution in [3.63, 3.8) is 0 Å². The van der Waals surface area contributed by atoms with Crippen molar-refractivity contribution in [1.82, 2.24) is 0 Å². The van der Waals surface area contributed by atoms with Crippen LogP contribution in [0.5, 0.6) is 0 Å². The molecule has 0 unspecified atom stereocenters.